The number of nitrogens with zero attached hydrogens (tertiary/aromatic N) is 1. The minimum Gasteiger partial charge on any atom is -0.492 e. The maximum Gasteiger partial charge on any atom is 0.303 e. The molecule has 0 atom stereocenters. The highest BCUT2D eigenvalue weighted by atomic mass is 16.5. The molecule has 18 heavy (non-hydrogen) atoms. The van der Waals surface area contributed by atoms with Crippen molar-refractivity contribution in [2.24, 2.45) is 0 Å². The summed E-state index contributed by atoms with van der Waals surface area (Å²) in [5.41, 5.74) is 1.78. The normalized spacial score (nSPS) is 10.5. The Balaban J connectivity index is 2.43. The van der Waals surface area contributed by atoms with Crippen LogP contribution in [0, 0.1) is 0 Å². The van der Waals surface area contributed by atoms with Crippen molar-refractivity contribution in [1.29, 1.82) is 0 Å². The summed E-state index contributed by atoms with van der Waals surface area (Å²) >= 11 is 0. The zero-order valence-corrected chi connectivity index (χ0v) is 10.2. The van der Waals surface area contributed by atoms with Crippen LogP contribution in [-0.2, 0) is 11.2 Å². The summed E-state index contributed by atoms with van der Waals surface area (Å²) in [5, 5.41) is 9.71. The summed E-state index contributed by atoms with van der Waals surface area (Å²) < 4.78 is 5.52. The number of benzene rings is 1. The molecule has 1 N–H and O–H groups in total. The highest BCUT2D eigenvalue weighted by Gasteiger charge is 2.08. The predicted molar refractivity (Wildman–Crippen MR) is 68.9 cm³/mol. The largest absolute Gasteiger partial charge is 0.492 e. The number of aromatic nitrogens is 1. The number of hydrogen-bond acceptors (Lipinski definition) is 3. The molecular formula is C14H15NO3. The van der Waals surface area contributed by atoms with E-state index in [1.807, 2.05) is 31.2 Å². The third-order valence-corrected chi connectivity index (χ3v) is 2.73. The lowest BCUT2D eigenvalue weighted by molar-refractivity contribution is -0.136. The molecule has 0 saturated heterocycles. The number of carboxylic acid groups (broad SMARTS) is 1. The summed E-state index contributed by atoms with van der Waals surface area (Å²) in [5.74, 6) is -0.0481. The summed E-state index contributed by atoms with van der Waals surface area (Å²) in [7, 11) is 0. The van der Waals surface area contributed by atoms with Gasteiger partial charge in [-0.25, -0.2) is 0 Å². The third kappa shape index (κ3) is 2.59. The van der Waals surface area contributed by atoms with Crippen molar-refractivity contribution in [3.8, 4) is 5.75 Å². The average molecular weight is 245 g/mol. The molecule has 1 heterocycles. The minimum atomic E-state index is -0.791. The molecule has 2 rings (SSSR count). The second-order valence-corrected chi connectivity index (χ2v) is 3.95. The van der Waals surface area contributed by atoms with E-state index < -0.39 is 5.97 Å². The predicted octanol–water partition coefficient (Wildman–Crippen LogP) is 2.65. The molecule has 1 aromatic heterocycles. The summed E-state index contributed by atoms with van der Waals surface area (Å²) in [6, 6.07) is 7.57. The van der Waals surface area contributed by atoms with Gasteiger partial charge >= 0.3 is 5.97 Å². The molecule has 0 saturated carbocycles. The van der Waals surface area contributed by atoms with Gasteiger partial charge in [0.15, 0.2) is 0 Å². The first-order valence-corrected chi connectivity index (χ1v) is 5.93. The number of hydrogen-bond donors (Lipinski definition) is 1. The molecule has 2 aromatic rings. The number of carbonyl (C=O) groups is 1. The van der Waals surface area contributed by atoms with Crippen molar-refractivity contribution in [2.75, 3.05) is 6.61 Å². The molecule has 4 heteroatoms. The third-order valence-electron chi connectivity index (χ3n) is 2.73. The van der Waals surface area contributed by atoms with Crippen molar-refractivity contribution in [3.63, 3.8) is 0 Å². The fraction of sp³-hybridized carbons (Fsp3) is 0.286. The maximum atomic E-state index is 10.6. The molecular weight excluding hydrogens is 230 g/mol. The average Bonchev–Trinajstić information content (AvgIpc) is 2.38. The molecule has 0 fully saturated rings. The van der Waals surface area contributed by atoms with E-state index in [-0.39, 0.29) is 6.42 Å². The Morgan fingerprint density at radius 2 is 2.22 bits per heavy atom. The number of aryl methyl sites for hydroxylation is 1. The highest BCUT2D eigenvalue weighted by Crippen LogP contribution is 2.27. The lowest BCUT2D eigenvalue weighted by Gasteiger charge is -2.10. The standard InChI is InChI=1S/C14H15NO3/c1-2-18-12-7-5-10(6-8-13(16)17)11-4-3-9-15-14(11)12/h3-5,7,9H,2,6,8H2,1H3,(H,16,17). The van der Waals surface area contributed by atoms with Crippen molar-refractivity contribution in [1.82, 2.24) is 4.98 Å². The number of carboxylic acids is 1. The van der Waals surface area contributed by atoms with Gasteiger partial charge in [-0.3, -0.25) is 9.78 Å². The fourth-order valence-corrected chi connectivity index (χ4v) is 1.94. The van der Waals surface area contributed by atoms with Crippen LogP contribution in [0.15, 0.2) is 30.5 Å². The smallest absolute Gasteiger partial charge is 0.303 e. The van der Waals surface area contributed by atoms with E-state index in [0.717, 1.165) is 22.2 Å². The van der Waals surface area contributed by atoms with Gasteiger partial charge in [0.1, 0.15) is 11.3 Å². The Bertz CT molecular complexity index is 566. The number of fused-ring (bicyclic) bond motifs is 1. The number of rotatable bonds is 5. The van der Waals surface area contributed by atoms with Gasteiger partial charge in [0.05, 0.1) is 6.61 Å². The lowest BCUT2D eigenvalue weighted by Crippen LogP contribution is -2.00. The van der Waals surface area contributed by atoms with Gasteiger partial charge in [-0.05, 0) is 31.0 Å². The van der Waals surface area contributed by atoms with Gasteiger partial charge in [-0.1, -0.05) is 12.1 Å². The van der Waals surface area contributed by atoms with Gasteiger partial charge in [-0.15, -0.1) is 0 Å². The number of ether oxygens (including phenoxy) is 1. The first kappa shape index (κ1) is 12.4. The van der Waals surface area contributed by atoms with Crippen molar-refractivity contribution in [2.45, 2.75) is 19.8 Å². The minimum absolute atomic E-state index is 0.123. The van der Waals surface area contributed by atoms with Gasteiger partial charge in [0.25, 0.3) is 0 Å². The van der Waals surface area contributed by atoms with Crippen LogP contribution in [0.5, 0.6) is 5.75 Å². The van der Waals surface area contributed by atoms with E-state index in [4.69, 9.17) is 9.84 Å². The molecule has 0 radical (unpaired) electrons. The van der Waals surface area contributed by atoms with E-state index in [1.165, 1.54) is 0 Å². The molecule has 0 aliphatic heterocycles. The van der Waals surface area contributed by atoms with Crippen molar-refractivity contribution in [3.05, 3.63) is 36.0 Å². The zero-order valence-electron chi connectivity index (χ0n) is 10.2. The Labute approximate surface area is 105 Å². The summed E-state index contributed by atoms with van der Waals surface area (Å²) in [6.45, 7) is 2.51. The molecule has 0 unspecified atom stereocenters. The van der Waals surface area contributed by atoms with E-state index in [9.17, 15) is 4.79 Å². The Morgan fingerprint density at radius 1 is 1.39 bits per heavy atom. The maximum absolute atomic E-state index is 10.6. The molecule has 0 spiro atoms. The molecule has 0 bridgehead atoms. The molecule has 0 aliphatic carbocycles. The Hall–Kier alpha value is -2.10. The van der Waals surface area contributed by atoms with Crippen LogP contribution < -0.4 is 4.74 Å². The Kier molecular flexibility index (Phi) is 3.77. The molecule has 0 aliphatic rings. The van der Waals surface area contributed by atoms with Crippen LogP contribution in [-0.4, -0.2) is 22.7 Å². The molecule has 1 aromatic carbocycles. The van der Waals surface area contributed by atoms with Crippen LogP contribution in [0.25, 0.3) is 10.9 Å². The SMILES string of the molecule is CCOc1ccc(CCC(=O)O)c2cccnc12. The number of pyridine rings is 1. The van der Waals surface area contributed by atoms with Crippen molar-refractivity contribution < 1.29 is 14.6 Å². The number of aliphatic carboxylic acids is 1. The van der Waals surface area contributed by atoms with Gasteiger partial charge in [0, 0.05) is 18.0 Å². The van der Waals surface area contributed by atoms with E-state index in [0.29, 0.717) is 13.0 Å². The first-order valence-electron chi connectivity index (χ1n) is 5.93. The second kappa shape index (κ2) is 5.49. The molecule has 4 nitrogen and oxygen atoms in total. The Morgan fingerprint density at radius 3 is 2.94 bits per heavy atom. The van der Waals surface area contributed by atoms with E-state index in [1.54, 1.807) is 6.20 Å². The van der Waals surface area contributed by atoms with Gasteiger partial charge in [0.2, 0.25) is 0 Å². The fourth-order valence-electron chi connectivity index (χ4n) is 1.94. The van der Waals surface area contributed by atoms with E-state index in [2.05, 4.69) is 4.98 Å². The summed E-state index contributed by atoms with van der Waals surface area (Å²) in [6.07, 6.45) is 2.34. The first-order chi connectivity index (χ1) is 8.72. The highest BCUT2D eigenvalue weighted by molar-refractivity contribution is 5.87. The monoisotopic (exact) mass is 245 g/mol. The van der Waals surface area contributed by atoms with Crippen LogP contribution in [0.4, 0.5) is 0 Å². The zero-order chi connectivity index (χ0) is 13.0. The van der Waals surface area contributed by atoms with Crippen LogP contribution in [0.2, 0.25) is 0 Å². The van der Waals surface area contributed by atoms with Gasteiger partial charge in [-0.2, -0.15) is 0 Å². The lowest BCUT2D eigenvalue weighted by atomic mass is 10.0. The molecule has 0 amide bonds. The van der Waals surface area contributed by atoms with Gasteiger partial charge < -0.3 is 9.84 Å². The van der Waals surface area contributed by atoms with Crippen LogP contribution in [0.3, 0.4) is 0 Å². The van der Waals surface area contributed by atoms with E-state index >= 15 is 0 Å². The second-order valence-electron chi connectivity index (χ2n) is 3.95. The quantitative estimate of drug-likeness (QED) is 0.879. The van der Waals surface area contributed by atoms with Crippen molar-refractivity contribution >= 4 is 16.9 Å². The summed E-state index contributed by atoms with van der Waals surface area (Å²) in [4.78, 5) is 15.0. The molecule has 94 valence electrons. The van der Waals surface area contributed by atoms with Crippen LogP contribution >= 0.6 is 0 Å². The van der Waals surface area contributed by atoms with Crippen LogP contribution in [0.1, 0.15) is 18.9 Å². The topological polar surface area (TPSA) is 59.4 Å².